The van der Waals surface area contributed by atoms with Gasteiger partial charge in [-0.25, -0.2) is 9.97 Å². The number of nitrogens with zero attached hydrogens (tertiary/aromatic N) is 2. The zero-order valence-corrected chi connectivity index (χ0v) is 15.0. The average molecular weight is 348 g/mol. The van der Waals surface area contributed by atoms with Gasteiger partial charge < -0.3 is 5.32 Å². The molecule has 4 rings (SSSR count). The lowest BCUT2D eigenvalue weighted by Gasteiger charge is -2.15. The van der Waals surface area contributed by atoms with Crippen molar-refractivity contribution in [3.63, 3.8) is 0 Å². The normalized spacial score (nSPS) is 17.6. The van der Waals surface area contributed by atoms with Crippen LogP contribution < -0.4 is 5.32 Å². The Morgan fingerprint density at radius 2 is 2.09 bits per heavy atom. The Labute approximate surface area is 142 Å². The van der Waals surface area contributed by atoms with E-state index in [4.69, 9.17) is 9.97 Å². The molecule has 3 nitrogen and oxygen atoms in total. The van der Waals surface area contributed by atoms with Gasteiger partial charge in [0.1, 0.15) is 0 Å². The van der Waals surface area contributed by atoms with E-state index >= 15 is 0 Å². The Balaban J connectivity index is 1.64. The molecule has 0 saturated heterocycles. The fourth-order valence-electron chi connectivity index (χ4n) is 2.83. The maximum Gasteiger partial charge on any atom is 0.190 e. The fraction of sp³-hybridized carbons (Fsp3) is 0.375. The standard InChI is InChI=1S/C16H17N3S3/c1-9-6-7-10-13(8-9)22-15(17-10)19-16-18-14-11(20-2)4-3-5-12(14)21-16/h3-5,9H,6-8H2,1-2H3,(H,17,18,19)/t9-/m0/s1. The van der Waals surface area contributed by atoms with Crippen molar-refractivity contribution in [2.75, 3.05) is 11.6 Å². The number of thiazole rings is 2. The zero-order chi connectivity index (χ0) is 15.1. The van der Waals surface area contributed by atoms with Crippen molar-refractivity contribution < 1.29 is 0 Å². The highest BCUT2D eigenvalue weighted by Gasteiger charge is 2.20. The van der Waals surface area contributed by atoms with Crippen molar-refractivity contribution in [3.8, 4) is 0 Å². The first kappa shape index (κ1) is 14.5. The van der Waals surface area contributed by atoms with Crippen molar-refractivity contribution in [1.82, 2.24) is 9.97 Å². The van der Waals surface area contributed by atoms with Crippen molar-refractivity contribution >= 4 is 54.9 Å². The molecule has 2 heterocycles. The SMILES string of the molecule is CSc1cccc2sc(Nc3nc4c(s3)C[C@@H](C)CC4)nc12. The van der Waals surface area contributed by atoms with E-state index in [0.717, 1.165) is 28.1 Å². The number of nitrogens with one attached hydrogen (secondary N) is 1. The molecule has 1 atom stereocenters. The first-order chi connectivity index (χ1) is 10.7. The highest BCUT2D eigenvalue weighted by Crippen LogP contribution is 2.36. The van der Waals surface area contributed by atoms with Crippen LogP contribution in [0.5, 0.6) is 0 Å². The third-order valence-corrected chi connectivity index (χ3v) is 6.74. The van der Waals surface area contributed by atoms with Crippen molar-refractivity contribution in [1.29, 1.82) is 0 Å². The number of thioether (sulfide) groups is 1. The first-order valence-electron chi connectivity index (χ1n) is 7.42. The van der Waals surface area contributed by atoms with E-state index < -0.39 is 0 Å². The summed E-state index contributed by atoms with van der Waals surface area (Å²) in [6.07, 6.45) is 5.64. The second-order valence-corrected chi connectivity index (χ2v) is 8.65. The quantitative estimate of drug-likeness (QED) is 0.649. The van der Waals surface area contributed by atoms with Crippen LogP contribution in [0.15, 0.2) is 23.1 Å². The van der Waals surface area contributed by atoms with Crippen LogP contribution in [0.1, 0.15) is 23.9 Å². The predicted octanol–water partition coefficient (Wildman–Crippen LogP) is 5.34. The molecule has 22 heavy (non-hydrogen) atoms. The predicted molar refractivity (Wildman–Crippen MR) is 98.0 cm³/mol. The van der Waals surface area contributed by atoms with Gasteiger partial charge in [-0.05, 0) is 43.6 Å². The van der Waals surface area contributed by atoms with Gasteiger partial charge in [-0.2, -0.15) is 0 Å². The summed E-state index contributed by atoms with van der Waals surface area (Å²) in [6, 6.07) is 6.35. The zero-order valence-electron chi connectivity index (χ0n) is 12.5. The molecule has 0 spiro atoms. The van der Waals surface area contributed by atoms with Gasteiger partial charge in [0.2, 0.25) is 0 Å². The maximum atomic E-state index is 4.76. The molecule has 2 aromatic heterocycles. The molecule has 1 aromatic carbocycles. The van der Waals surface area contributed by atoms with Crippen LogP contribution in [0.2, 0.25) is 0 Å². The molecule has 1 aliphatic carbocycles. The summed E-state index contributed by atoms with van der Waals surface area (Å²) in [5.74, 6) is 0.785. The molecule has 0 radical (unpaired) electrons. The third-order valence-electron chi connectivity index (χ3n) is 4.00. The number of hydrogen-bond donors (Lipinski definition) is 1. The van der Waals surface area contributed by atoms with E-state index in [2.05, 4.69) is 36.7 Å². The van der Waals surface area contributed by atoms with E-state index in [1.54, 1.807) is 34.4 Å². The first-order valence-corrected chi connectivity index (χ1v) is 10.3. The lowest BCUT2D eigenvalue weighted by Crippen LogP contribution is -2.09. The van der Waals surface area contributed by atoms with E-state index in [9.17, 15) is 0 Å². The van der Waals surface area contributed by atoms with Crippen LogP contribution in [-0.4, -0.2) is 16.2 Å². The molecule has 0 fully saturated rings. The van der Waals surface area contributed by atoms with Gasteiger partial charge >= 0.3 is 0 Å². The fourth-order valence-corrected chi connectivity index (χ4v) is 5.58. The molecule has 0 bridgehead atoms. The Morgan fingerprint density at radius 3 is 2.95 bits per heavy atom. The van der Waals surface area contributed by atoms with Crippen LogP contribution in [0, 0.1) is 5.92 Å². The molecule has 0 aliphatic heterocycles. The van der Waals surface area contributed by atoms with E-state index in [1.807, 2.05) is 0 Å². The molecule has 3 aromatic rings. The number of fused-ring (bicyclic) bond motifs is 2. The molecule has 6 heteroatoms. The van der Waals surface area contributed by atoms with Crippen LogP contribution >= 0.6 is 34.4 Å². The monoisotopic (exact) mass is 347 g/mol. The molecule has 0 unspecified atom stereocenters. The summed E-state index contributed by atoms with van der Waals surface area (Å²) >= 11 is 5.24. The van der Waals surface area contributed by atoms with Crippen molar-refractivity contribution in [3.05, 3.63) is 28.8 Å². The smallest absolute Gasteiger partial charge is 0.190 e. The highest BCUT2D eigenvalue weighted by atomic mass is 32.2. The van der Waals surface area contributed by atoms with Crippen molar-refractivity contribution in [2.24, 2.45) is 5.92 Å². The minimum atomic E-state index is 0.785. The van der Waals surface area contributed by atoms with E-state index in [1.165, 1.54) is 33.0 Å². The summed E-state index contributed by atoms with van der Waals surface area (Å²) in [4.78, 5) is 12.2. The number of hydrogen-bond acceptors (Lipinski definition) is 6. The summed E-state index contributed by atoms with van der Waals surface area (Å²) < 4.78 is 1.23. The van der Waals surface area contributed by atoms with Gasteiger partial charge in [-0.3, -0.25) is 0 Å². The van der Waals surface area contributed by atoms with Gasteiger partial charge in [-0.15, -0.1) is 23.1 Å². The van der Waals surface area contributed by atoms with Gasteiger partial charge in [0.05, 0.1) is 15.9 Å². The summed E-state index contributed by atoms with van der Waals surface area (Å²) in [6.45, 7) is 2.33. The molecule has 1 N–H and O–H groups in total. The Hall–Kier alpha value is -1.11. The highest BCUT2D eigenvalue weighted by molar-refractivity contribution is 7.98. The third kappa shape index (κ3) is 2.64. The number of anilines is 2. The van der Waals surface area contributed by atoms with Crippen molar-refractivity contribution in [2.45, 2.75) is 31.1 Å². The number of benzene rings is 1. The molecule has 1 aliphatic rings. The second kappa shape index (κ2) is 5.83. The topological polar surface area (TPSA) is 37.8 Å². The van der Waals surface area contributed by atoms with E-state index in [-0.39, 0.29) is 0 Å². The maximum absolute atomic E-state index is 4.76. The largest absolute Gasteiger partial charge is 0.307 e. The minimum Gasteiger partial charge on any atom is -0.307 e. The van der Waals surface area contributed by atoms with Gasteiger partial charge in [0, 0.05) is 9.77 Å². The van der Waals surface area contributed by atoms with Crippen LogP contribution in [-0.2, 0) is 12.8 Å². The van der Waals surface area contributed by atoms with E-state index in [0.29, 0.717) is 0 Å². The Morgan fingerprint density at radius 1 is 1.23 bits per heavy atom. The molecular weight excluding hydrogens is 330 g/mol. The average Bonchev–Trinajstić information content (AvgIpc) is 3.09. The van der Waals surface area contributed by atoms with Crippen LogP contribution in [0.4, 0.5) is 10.3 Å². The Kier molecular flexibility index (Phi) is 3.84. The summed E-state index contributed by atoms with van der Waals surface area (Å²) in [5, 5.41) is 5.35. The molecule has 114 valence electrons. The molecule has 0 amide bonds. The number of aromatic nitrogens is 2. The van der Waals surface area contributed by atoms with Gasteiger partial charge in [-0.1, -0.05) is 24.3 Å². The van der Waals surface area contributed by atoms with Gasteiger partial charge in [0.25, 0.3) is 0 Å². The number of aryl methyl sites for hydroxylation is 1. The number of para-hydroxylation sites is 1. The van der Waals surface area contributed by atoms with Crippen LogP contribution in [0.25, 0.3) is 10.2 Å². The van der Waals surface area contributed by atoms with Gasteiger partial charge in [0.15, 0.2) is 10.3 Å². The second-order valence-electron chi connectivity index (χ2n) is 5.69. The lowest BCUT2D eigenvalue weighted by atomic mass is 9.93. The summed E-state index contributed by atoms with van der Waals surface area (Å²) in [5.41, 5.74) is 2.38. The lowest BCUT2D eigenvalue weighted by molar-refractivity contribution is 0.502. The van der Waals surface area contributed by atoms with Crippen LogP contribution in [0.3, 0.4) is 0 Å². The molecular formula is C16H17N3S3. The minimum absolute atomic E-state index is 0.785. The molecule has 0 saturated carbocycles. The Bertz CT molecular complexity index is 821. The summed E-state index contributed by atoms with van der Waals surface area (Å²) in [7, 11) is 0. The number of rotatable bonds is 3.